The Hall–Kier alpha value is -3.19. The molecule has 2 atom stereocenters. The Balaban J connectivity index is 1.74. The van der Waals surface area contributed by atoms with Crippen LogP contribution >= 0.6 is 11.3 Å². The van der Waals surface area contributed by atoms with E-state index in [2.05, 4.69) is 25.6 Å². The van der Waals surface area contributed by atoms with Crippen LogP contribution in [-0.4, -0.2) is 68.2 Å². The van der Waals surface area contributed by atoms with E-state index >= 15 is 0 Å². The highest BCUT2D eigenvalue weighted by molar-refractivity contribution is 7.21. The minimum absolute atomic E-state index is 0.206. The molecule has 3 aromatic rings. The molecule has 0 bridgehead atoms. The zero-order chi connectivity index (χ0) is 27.0. The number of rotatable bonds is 6. The number of fused-ring (bicyclic) bond motifs is 1. The third-order valence-corrected chi connectivity index (χ3v) is 6.72. The maximum absolute atomic E-state index is 13.0. The third-order valence-electron chi connectivity index (χ3n) is 5.67. The molecule has 1 aliphatic rings. The van der Waals surface area contributed by atoms with Gasteiger partial charge in [-0.25, -0.2) is 14.8 Å². The van der Waals surface area contributed by atoms with E-state index in [-0.39, 0.29) is 18.4 Å². The molecule has 13 heteroatoms. The average Bonchev–Trinajstić information content (AvgIpc) is 3.39. The second-order valence-corrected chi connectivity index (χ2v) is 10.8. The molecule has 0 radical (unpaired) electrons. The Morgan fingerprint density at radius 3 is 2.57 bits per heavy atom. The quantitative estimate of drug-likeness (QED) is 0.394. The van der Waals surface area contributed by atoms with Crippen LogP contribution < -0.4 is 10.6 Å². The number of aromatic nitrogens is 3. The van der Waals surface area contributed by atoms with E-state index < -0.39 is 36.6 Å². The molecule has 9 nitrogen and oxygen atoms in total. The summed E-state index contributed by atoms with van der Waals surface area (Å²) in [4.78, 5) is 27.7. The van der Waals surface area contributed by atoms with Crippen molar-refractivity contribution >= 4 is 39.4 Å². The fourth-order valence-electron chi connectivity index (χ4n) is 4.12. The van der Waals surface area contributed by atoms with Gasteiger partial charge in [0.1, 0.15) is 29.1 Å². The molecule has 4 rings (SSSR count). The summed E-state index contributed by atoms with van der Waals surface area (Å²) in [5.41, 5.74) is 0.956. The summed E-state index contributed by atoms with van der Waals surface area (Å²) in [6.45, 7) is 5.35. The van der Waals surface area contributed by atoms with Crippen molar-refractivity contribution in [1.82, 2.24) is 19.9 Å². The number of alkyl halides is 3. The first-order chi connectivity index (χ1) is 17.3. The number of nitrogens with one attached hydrogen (secondary N) is 2. The fourth-order valence-corrected chi connectivity index (χ4v) is 5.19. The lowest BCUT2D eigenvalue weighted by Gasteiger charge is -2.32. The number of aryl methyl sites for hydroxylation is 1. The van der Waals surface area contributed by atoms with Crippen molar-refractivity contribution in [1.29, 1.82) is 0 Å². The highest BCUT2D eigenvalue weighted by Crippen LogP contribution is 2.38. The predicted octanol–water partition coefficient (Wildman–Crippen LogP) is 5.17. The van der Waals surface area contributed by atoms with Gasteiger partial charge in [-0.2, -0.15) is 18.2 Å². The number of para-hydroxylation sites is 1. The summed E-state index contributed by atoms with van der Waals surface area (Å²) in [5.74, 6) is 0.0242. The number of benzene rings is 1. The summed E-state index contributed by atoms with van der Waals surface area (Å²) in [6.07, 6.45) is -4.70. The Morgan fingerprint density at radius 2 is 1.92 bits per heavy atom. The second-order valence-electron chi connectivity index (χ2n) is 9.77. The molecule has 0 aliphatic carbocycles. The molecule has 2 aromatic heterocycles. The van der Waals surface area contributed by atoms with Crippen LogP contribution in [0.3, 0.4) is 0 Å². The zero-order valence-corrected chi connectivity index (χ0v) is 21.7. The van der Waals surface area contributed by atoms with Crippen LogP contribution in [0.2, 0.25) is 0 Å². The number of amides is 1. The highest BCUT2D eigenvalue weighted by Gasteiger charge is 2.40. The normalized spacial score (nSPS) is 18.3. The topological polar surface area (TPSA) is 112 Å². The molecule has 1 fully saturated rings. The molecular formula is C24H29F3N6O3S. The van der Waals surface area contributed by atoms with Gasteiger partial charge in [0.2, 0.25) is 5.95 Å². The van der Waals surface area contributed by atoms with Crippen LogP contribution in [0.15, 0.2) is 24.3 Å². The number of nitrogens with zero attached hydrogens (tertiary/aromatic N) is 4. The summed E-state index contributed by atoms with van der Waals surface area (Å²) < 4.78 is 45.1. The molecule has 3 heterocycles. The van der Waals surface area contributed by atoms with Gasteiger partial charge >= 0.3 is 12.3 Å². The monoisotopic (exact) mass is 538 g/mol. The van der Waals surface area contributed by atoms with Crippen LogP contribution in [0.5, 0.6) is 0 Å². The Labute approximate surface area is 216 Å². The number of aliphatic hydroxyl groups is 1. The van der Waals surface area contributed by atoms with Gasteiger partial charge in [0.25, 0.3) is 0 Å². The number of halogens is 3. The lowest BCUT2D eigenvalue weighted by atomic mass is 10.2. The number of hydrogen-bond donors (Lipinski definition) is 3. The minimum Gasteiger partial charge on any atom is -0.444 e. The summed E-state index contributed by atoms with van der Waals surface area (Å²) in [7, 11) is 0. The van der Waals surface area contributed by atoms with Gasteiger partial charge in [-0.1, -0.05) is 12.1 Å². The van der Waals surface area contributed by atoms with E-state index in [1.54, 1.807) is 27.7 Å². The van der Waals surface area contributed by atoms with E-state index in [0.29, 0.717) is 29.1 Å². The predicted molar refractivity (Wildman–Crippen MR) is 136 cm³/mol. The van der Waals surface area contributed by atoms with E-state index in [4.69, 9.17) is 4.74 Å². The van der Waals surface area contributed by atoms with Crippen molar-refractivity contribution in [3.63, 3.8) is 0 Å². The first kappa shape index (κ1) is 26.9. The van der Waals surface area contributed by atoms with Crippen LogP contribution in [0.25, 0.3) is 20.8 Å². The largest absolute Gasteiger partial charge is 0.444 e. The molecule has 1 aromatic carbocycles. The maximum atomic E-state index is 13.0. The average molecular weight is 539 g/mol. The van der Waals surface area contributed by atoms with Crippen LogP contribution in [0, 0.1) is 6.92 Å². The molecule has 0 spiro atoms. The molecule has 1 amide bonds. The smallest absolute Gasteiger partial charge is 0.412 e. The summed E-state index contributed by atoms with van der Waals surface area (Å²) in [6, 6.07) is 7.06. The van der Waals surface area contributed by atoms with Crippen molar-refractivity contribution in [2.75, 3.05) is 23.8 Å². The Kier molecular flexibility index (Phi) is 7.47. The fraction of sp³-hybridized carbons (Fsp3) is 0.500. The van der Waals surface area contributed by atoms with Gasteiger partial charge in [-0.3, -0.25) is 4.90 Å². The van der Waals surface area contributed by atoms with Crippen LogP contribution in [-0.2, 0) is 4.74 Å². The van der Waals surface area contributed by atoms with Crippen molar-refractivity contribution in [3.05, 3.63) is 30.0 Å². The minimum atomic E-state index is -4.45. The highest BCUT2D eigenvalue weighted by atomic mass is 32.1. The zero-order valence-electron chi connectivity index (χ0n) is 20.9. The van der Waals surface area contributed by atoms with Gasteiger partial charge in [0, 0.05) is 0 Å². The van der Waals surface area contributed by atoms with E-state index in [0.717, 1.165) is 10.2 Å². The Bertz CT molecular complexity index is 1240. The van der Waals surface area contributed by atoms with Gasteiger partial charge < -0.3 is 20.5 Å². The van der Waals surface area contributed by atoms with Crippen molar-refractivity contribution in [2.24, 2.45) is 0 Å². The van der Waals surface area contributed by atoms with Gasteiger partial charge in [0.15, 0.2) is 0 Å². The lowest BCUT2D eigenvalue weighted by molar-refractivity contribution is -0.115. The SMILES string of the molecule is Cc1nc(NCC(F)(F)F)nc(NC2CC[C@H](CO)N2C(=O)OC(C)(C)C)c1-c1nc2ccccc2s1. The standard InChI is InChI=1S/C24H29F3N6O3S/c1-13-18(20-30-15-7-5-6-8-16(15)37-20)19(32-21(29-13)28-12-24(25,26)27)31-17-10-9-14(11-34)33(17)22(35)36-23(2,3)4/h5-8,14,17,34H,9-12H2,1-4H3,(H2,28,29,31,32)/t14-,17?/m1/s1. The first-order valence-electron chi connectivity index (χ1n) is 11.8. The number of carbonyl (C=O) groups excluding carboxylic acids is 1. The van der Waals surface area contributed by atoms with Crippen LogP contribution in [0.1, 0.15) is 39.3 Å². The molecule has 1 unspecified atom stereocenters. The molecular weight excluding hydrogens is 509 g/mol. The molecule has 3 N–H and O–H groups in total. The van der Waals surface area contributed by atoms with E-state index in [1.165, 1.54) is 16.2 Å². The number of ether oxygens (including phenoxy) is 1. The number of anilines is 2. The molecule has 1 saturated heterocycles. The second kappa shape index (κ2) is 10.3. The van der Waals surface area contributed by atoms with Gasteiger partial charge in [-0.15, -0.1) is 11.3 Å². The van der Waals surface area contributed by atoms with Crippen molar-refractivity contribution in [3.8, 4) is 10.6 Å². The van der Waals surface area contributed by atoms with Crippen molar-refractivity contribution < 1.29 is 27.8 Å². The van der Waals surface area contributed by atoms with Gasteiger partial charge in [-0.05, 0) is 52.7 Å². The summed E-state index contributed by atoms with van der Waals surface area (Å²) in [5, 5.41) is 15.9. The van der Waals surface area contributed by atoms with E-state index in [9.17, 15) is 23.1 Å². The Morgan fingerprint density at radius 1 is 1.19 bits per heavy atom. The van der Waals surface area contributed by atoms with Crippen molar-refractivity contribution in [2.45, 2.75) is 64.5 Å². The van der Waals surface area contributed by atoms with E-state index in [1.807, 2.05) is 24.3 Å². The maximum Gasteiger partial charge on any atom is 0.412 e. The third kappa shape index (κ3) is 6.39. The van der Waals surface area contributed by atoms with Gasteiger partial charge in [0.05, 0.1) is 34.1 Å². The number of likely N-dealkylation sites (tertiary alicyclic amines) is 1. The lowest BCUT2D eigenvalue weighted by Crippen LogP contribution is -2.48. The number of hydrogen-bond acceptors (Lipinski definition) is 9. The number of thiazole rings is 1. The molecule has 1 aliphatic heterocycles. The number of carbonyl (C=O) groups is 1. The molecule has 0 saturated carbocycles. The first-order valence-corrected chi connectivity index (χ1v) is 12.6. The molecule has 200 valence electrons. The number of aliphatic hydroxyl groups excluding tert-OH is 1. The summed E-state index contributed by atoms with van der Waals surface area (Å²) >= 11 is 1.40. The van der Waals surface area contributed by atoms with Crippen LogP contribution in [0.4, 0.5) is 29.7 Å². The molecule has 37 heavy (non-hydrogen) atoms.